The highest BCUT2D eigenvalue weighted by Gasteiger charge is 2.26. The summed E-state index contributed by atoms with van der Waals surface area (Å²) in [5.41, 5.74) is 3.32. The summed E-state index contributed by atoms with van der Waals surface area (Å²) in [6.45, 7) is 2.16. The summed E-state index contributed by atoms with van der Waals surface area (Å²) in [5, 5.41) is 0. The molecule has 6 rings (SSSR count). The highest BCUT2D eigenvalue weighted by Crippen LogP contribution is 2.34. The molecule has 0 saturated carbocycles. The first-order chi connectivity index (χ1) is 21.4. The smallest absolute Gasteiger partial charge is 0.258 e. The Hall–Kier alpha value is -5.76. The van der Waals surface area contributed by atoms with Gasteiger partial charge in [-0.05, 0) is 90.3 Å². The van der Waals surface area contributed by atoms with Gasteiger partial charge in [-0.3, -0.25) is 19.2 Å². The van der Waals surface area contributed by atoms with Gasteiger partial charge in [0.2, 0.25) is 0 Å². The van der Waals surface area contributed by atoms with Gasteiger partial charge >= 0.3 is 0 Å². The lowest BCUT2D eigenvalue weighted by atomic mass is 9.87. The Morgan fingerprint density at radius 1 is 0.477 bits per heavy atom. The van der Waals surface area contributed by atoms with Gasteiger partial charge < -0.3 is 9.47 Å². The van der Waals surface area contributed by atoms with Crippen LogP contribution in [-0.2, 0) is 19.2 Å². The minimum Gasteiger partial charge on any atom is -0.457 e. The van der Waals surface area contributed by atoms with E-state index >= 15 is 0 Å². The monoisotopic (exact) mass is 584 g/mol. The largest absolute Gasteiger partial charge is 0.457 e. The number of hydrogen-bond donors (Lipinski definition) is 0. The van der Waals surface area contributed by atoms with Crippen LogP contribution in [0, 0.1) is 0 Å². The Kier molecular flexibility index (Phi) is 7.88. The summed E-state index contributed by atoms with van der Waals surface area (Å²) >= 11 is 0. The Morgan fingerprint density at radius 3 is 1.07 bits per heavy atom. The molecule has 0 atom stereocenters. The molecule has 8 heteroatoms. The summed E-state index contributed by atoms with van der Waals surface area (Å²) in [4.78, 5) is 49.9. The van der Waals surface area contributed by atoms with E-state index in [0.717, 1.165) is 33.8 Å². The fourth-order valence-corrected chi connectivity index (χ4v) is 5.26. The fraction of sp³-hybridized carbons (Fsp3) is 0.111. The number of anilines is 2. The zero-order valence-corrected chi connectivity index (χ0v) is 23.9. The third-order valence-electron chi connectivity index (χ3n) is 7.42. The Morgan fingerprint density at radius 2 is 0.773 bits per heavy atom. The van der Waals surface area contributed by atoms with Gasteiger partial charge in [-0.2, -0.15) is 0 Å². The predicted octanol–water partition coefficient (Wildman–Crippen LogP) is 7.06. The van der Waals surface area contributed by atoms with Gasteiger partial charge in [0.15, 0.2) is 0 Å². The van der Waals surface area contributed by atoms with E-state index in [1.165, 1.54) is 24.3 Å². The lowest BCUT2D eigenvalue weighted by Gasteiger charge is -2.19. The topological polar surface area (TPSA) is 93.2 Å². The number of imide groups is 2. The number of nitrogens with zero attached hydrogens (tertiary/aromatic N) is 2. The van der Waals surface area contributed by atoms with E-state index in [-0.39, 0.29) is 29.5 Å². The van der Waals surface area contributed by atoms with Crippen LogP contribution < -0.4 is 19.3 Å². The van der Waals surface area contributed by atoms with Crippen LogP contribution in [0.25, 0.3) is 0 Å². The zero-order chi connectivity index (χ0) is 30.6. The molecule has 0 saturated heterocycles. The van der Waals surface area contributed by atoms with E-state index in [0.29, 0.717) is 34.4 Å². The summed E-state index contributed by atoms with van der Waals surface area (Å²) in [7, 11) is 0. The standard InChI is InChI=1S/C36H28N2O6/c1-2-3-32(24-4-12-28(13-5-24)43-30-16-8-26(9-17-30)37-33(39)20-21-34(37)40)25-6-14-29(15-7-25)44-31-18-10-27(11-19-31)38-35(41)22-23-36(38)42/h4-23,32H,2-3H2,1H3. The molecule has 44 heavy (non-hydrogen) atoms. The Labute approximate surface area is 254 Å². The second kappa shape index (κ2) is 12.2. The van der Waals surface area contributed by atoms with Crippen molar-refractivity contribution >= 4 is 35.0 Å². The van der Waals surface area contributed by atoms with Gasteiger partial charge in [0, 0.05) is 30.2 Å². The van der Waals surface area contributed by atoms with Crippen LogP contribution in [0.2, 0.25) is 0 Å². The zero-order valence-electron chi connectivity index (χ0n) is 23.9. The molecule has 0 spiro atoms. The first kappa shape index (κ1) is 28.4. The second-order valence-electron chi connectivity index (χ2n) is 10.4. The molecule has 0 fully saturated rings. The van der Waals surface area contributed by atoms with Gasteiger partial charge in [0.05, 0.1) is 11.4 Å². The third kappa shape index (κ3) is 5.91. The van der Waals surface area contributed by atoms with E-state index in [1.807, 2.05) is 24.3 Å². The van der Waals surface area contributed by atoms with Gasteiger partial charge in [0.1, 0.15) is 23.0 Å². The number of carbonyl (C=O) groups is 4. The Bertz CT molecular complexity index is 1610. The first-order valence-corrected chi connectivity index (χ1v) is 14.3. The minimum atomic E-state index is -0.358. The van der Waals surface area contributed by atoms with Crippen molar-refractivity contribution in [3.63, 3.8) is 0 Å². The number of benzene rings is 4. The highest BCUT2D eigenvalue weighted by atomic mass is 16.5. The van der Waals surface area contributed by atoms with Crippen LogP contribution in [-0.4, -0.2) is 23.6 Å². The molecule has 4 aromatic carbocycles. The number of amides is 4. The van der Waals surface area contributed by atoms with Crippen molar-refractivity contribution in [2.75, 3.05) is 9.80 Å². The van der Waals surface area contributed by atoms with Gasteiger partial charge in [-0.1, -0.05) is 37.6 Å². The van der Waals surface area contributed by atoms with Crippen molar-refractivity contribution in [2.24, 2.45) is 0 Å². The van der Waals surface area contributed by atoms with Crippen LogP contribution >= 0.6 is 0 Å². The molecular weight excluding hydrogens is 556 g/mol. The molecular formula is C36H28N2O6. The van der Waals surface area contributed by atoms with Crippen molar-refractivity contribution in [2.45, 2.75) is 25.7 Å². The van der Waals surface area contributed by atoms with E-state index in [4.69, 9.17) is 9.47 Å². The van der Waals surface area contributed by atoms with E-state index < -0.39 is 0 Å². The average molecular weight is 585 g/mol. The summed E-state index contributed by atoms with van der Waals surface area (Å²) in [5.74, 6) is 1.30. The van der Waals surface area contributed by atoms with Crippen molar-refractivity contribution in [3.8, 4) is 23.0 Å². The maximum Gasteiger partial charge on any atom is 0.258 e. The predicted molar refractivity (Wildman–Crippen MR) is 166 cm³/mol. The summed E-state index contributed by atoms with van der Waals surface area (Å²) in [6.07, 6.45) is 7.00. The Balaban J connectivity index is 1.09. The molecule has 218 valence electrons. The molecule has 2 aliphatic heterocycles. The van der Waals surface area contributed by atoms with Gasteiger partial charge in [0.25, 0.3) is 23.6 Å². The second-order valence-corrected chi connectivity index (χ2v) is 10.4. The first-order valence-electron chi connectivity index (χ1n) is 14.3. The molecule has 0 aromatic heterocycles. The number of ether oxygens (including phenoxy) is 2. The molecule has 0 unspecified atom stereocenters. The molecule has 8 nitrogen and oxygen atoms in total. The maximum absolute atomic E-state index is 11.9. The van der Waals surface area contributed by atoms with Crippen LogP contribution in [0.4, 0.5) is 11.4 Å². The third-order valence-corrected chi connectivity index (χ3v) is 7.42. The molecule has 2 aliphatic rings. The maximum atomic E-state index is 11.9. The number of carbonyl (C=O) groups excluding carboxylic acids is 4. The van der Waals surface area contributed by atoms with Crippen LogP contribution in [0.15, 0.2) is 121 Å². The number of hydrogen-bond acceptors (Lipinski definition) is 6. The highest BCUT2D eigenvalue weighted by molar-refractivity contribution is 6.28. The molecule has 0 bridgehead atoms. The van der Waals surface area contributed by atoms with E-state index in [2.05, 4.69) is 31.2 Å². The molecule has 0 radical (unpaired) electrons. The molecule has 4 aromatic rings. The van der Waals surface area contributed by atoms with Crippen molar-refractivity contribution in [1.82, 2.24) is 0 Å². The summed E-state index contributed by atoms with van der Waals surface area (Å²) < 4.78 is 12.0. The summed E-state index contributed by atoms with van der Waals surface area (Å²) in [6, 6.07) is 29.6. The van der Waals surface area contributed by atoms with E-state index in [1.54, 1.807) is 48.5 Å². The van der Waals surface area contributed by atoms with Crippen molar-refractivity contribution in [3.05, 3.63) is 132 Å². The van der Waals surface area contributed by atoms with E-state index in [9.17, 15) is 19.2 Å². The fourth-order valence-electron chi connectivity index (χ4n) is 5.26. The molecule has 2 heterocycles. The van der Waals surface area contributed by atoms with Crippen molar-refractivity contribution in [1.29, 1.82) is 0 Å². The quantitative estimate of drug-likeness (QED) is 0.185. The van der Waals surface area contributed by atoms with Crippen LogP contribution in [0.1, 0.15) is 36.8 Å². The average Bonchev–Trinajstić information content (AvgIpc) is 3.56. The molecule has 4 amide bonds. The number of rotatable bonds is 10. The SMILES string of the molecule is CCCC(c1ccc(Oc2ccc(N3C(=O)C=CC3=O)cc2)cc1)c1ccc(Oc2ccc(N3C(=O)C=CC3=O)cc2)cc1. The lowest BCUT2D eigenvalue weighted by molar-refractivity contribution is -0.121. The van der Waals surface area contributed by atoms with Crippen LogP contribution in [0.3, 0.4) is 0 Å². The lowest BCUT2D eigenvalue weighted by Crippen LogP contribution is -2.29. The van der Waals surface area contributed by atoms with Crippen LogP contribution in [0.5, 0.6) is 23.0 Å². The molecule has 0 N–H and O–H groups in total. The van der Waals surface area contributed by atoms with Crippen molar-refractivity contribution < 1.29 is 28.7 Å². The van der Waals surface area contributed by atoms with Gasteiger partial charge in [-0.25, -0.2) is 9.80 Å². The molecule has 0 aliphatic carbocycles. The van der Waals surface area contributed by atoms with Gasteiger partial charge in [-0.15, -0.1) is 0 Å². The normalized spacial score (nSPS) is 14.3. The minimum absolute atomic E-state index is 0.190.